The molecule has 0 bridgehead atoms. The second kappa shape index (κ2) is 7.72. The van der Waals surface area contributed by atoms with Crippen LogP contribution in [0.1, 0.15) is 28.9 Å². The Morgan fingerprint density at radius 3 is 2.40 bits per heavy atom. The maximum absolute atomic E-state index is 12.9. The number of fused-ring (bicyclic) bond motifs is 1. The smallest absolute Gasteiger partial charge is 0.257 e. The summed E-state index contributed by atoms with van der Waals surface area (Å²) in [6, 6.07) is 17.8. The van der Waals surface area contributed by atoms with Gasteiger partial charge in [0.1, 0.15) is 5.56 Å². The fourth-order valence-corrected chi connectivity index (χ4v) is 3.87. The Kier molecular flexibility index (Phi) is 5.09. The lowest BCUT2D eigenvalue weighted by Crippen LogP contribution is -2.26. The van der Waals surface area contributed by atoms with Crippen molar-refractivity contribution in [3.63, 3.8) is 0 Å². The summed E-state index contributed by atoms with van der Waals surface area (Å²) >= 11 is 0. The van der Waals surface area contributed by atoms with E-state index in [0.29, 0.717) is 11.2 Å². The van der Waals surface area contributed by atoms with Crippen LogP contribution in [0.25, 0.3) is 16.9 Å². The van der Waals surface area contributed by atoms with Crippen molar-refractivity contribution >= 4 is 21.4 Å². The SMILES string of the molecule is C[C@@H](NC(=O)c1cnn2c(-c3ccccc3)ccnc12)c1ccc(S(C)(=O)=O)cc1. The number of nitrogens with zero attached hydrogens (tertiary/aromatic N) is 3. The van der Waals surface area contributed by atoms with Crippen molar-refractivity contribution < 1.29 is 13.2 Å². The summed E-state index contributed by atoms with van der Waals surface area (Å²) < 4.78 is 24.9. The molecule has 2 aromatic carbocycles. The number of hydrogen-bond donors (Lipinski definition) is 1. The zero-order chi connectivity index (χ0) is 21.3. The van der Waals surface area contributed by atoms with Gasteiger partial charge in [0.2, 0.25) is 0 Å². The van der Waals surface area contributed by atoms with E-state index in [1.54, 1.807) is 22.8 Å². The lowest BCUT2D eigenvalue weighted by Gasteiger charge is -2.14. The monoisotopic (exact) mass is 420 g/mol. The molecular formula is C22H20N4O3S. The van der Waals surface area contributed by atoms with Gasteiger partial charge in [0.25, 0.3) is 5.91 Å². The third-order valence-electron chi connectivity index (χ3n) is 4.87. The molecule has 2 heterocycles. The molecule has 8 heteroatoms. The zero-order valence-electron chi connectivity index (χ0n) is 16.5. The standard InChI is InChI=1S/C22H20N4O3S/c1-15(16-8-10-18(11-9-16)30(2,28)29)25-22(27)19-14-24-26-20(12-13-23-21(19)26)17-6-4-3-5-7-17/h3-15H,1-2H3,(H,25,27)/t15-/m1/s1. The minimum atomic E-state index is -3.26. The number of carbonyl (C=O) groups is 1. The molecule has 0 aliphatic carbocycles. The molecule has 0 unspecified atom stereocenters. The number of amides is 1. The number of sulfone groups is 1. The van der Waals surface area contributed by atoms with E-state index in [4.69, 9.17) is 0 Å². The zero-order valence-corrected chi connectivity index (χ0v) is 17.3. The van der Waals surface area contributed by atoms with Crippen LogP contribution < -0.4 is 5.32 Å². The number of carbonyl (C=O) groups excluding carboxylic acids is 1. The van der Waals surface area contributed by atoms with E-state index in [1.165, 1.54) is 18.3 Å². The lowest BCUT2D eigenvalue weighted by molar-refractivity contribution is 0.0941. The molecule has 4 aromatic rings. The van der Waals surface area contributed by atoms with Crippen molar-refractivity contribution in [2.45, 2.75) is 17.9 Å². The molecule has 4 rings (SSSR count). The Morgan fingerprint density at radius 1 is 1.03 bits per heavy atom. The molecule has 0 saturated heterocycles. The highest BCUT2D eigenvalue weighted by molar-refractivity contribution is 7.90. The summed E-state index contributed by atoms with van der Waals surface area (Å²) in [4.78, 5) is 17.5. The van der Waals surface area contributed by atoms with E-state index >= 15 is 0 Å². The molecule has 0 spiro atoms. The van der Waals surface area contributed by atoms with Crippen LogP contribution in [0.4, 0.5) is 0 Å². The molecule has 0 radical (unpaired) electrons. The maximum Gasteiger partial charge on any atom is 0.257 e. The molecule has 0 aliphatic heterocycles. The van der Waals surface area contributed by atoms with Crippen LogP contribution in [0.3, 0.4) is 0 Å². The predicted molar refractivity (Wildman–Crippen MR) is 114 cm³/mol. The Balaban J connectivity index is 1.59. The Labute approximate surface area is 174 Å². The van der Waals surface area contributed by atoms with Gasteiger partial charge in [-0.1, -0.05) is 42.5 Å². The Morgan fingerprint density at radius 2 is 1.73 bits per heavy atom. The first-order chi connectivity index (χ1) is 14.3. The van der Waals surface area contributed by atoms with Crippen LogP contribution in [0.5, 0.6) is 0 Å². The fourth-order valence-electron chi connectivity index (χ4n) is 3.24. The van der Waals surface area contributed by atoms with Gasteiger partial charge in [-0.2, -0.15) is 5.10 Å². The van der Waals surface area contributed by atoms with Crippen LogP contribution in [-0.4, -0.2) is 35.2 Å². The Bertz CT molecular complexity index is 1310. The Hall–Kier alpha value is -3.52. The summed E-state index contributed by atoms with van der Waals surface area (Å²) in [7, 11) is -3.26. The maximum atomic E-state index is 12.9. The van der Waals surface area contributed by atoms with E-state index in [9.17, 15) is 13.2 Å². The first-order valence-electron chi connectivity index (χ1n) is 9.33. The van der Waals surface area contributed by atoms with Crippen molar-refractivity contribution in [3.05, 3.63) is 84.2 Å². The van der Waals surface area contributed by atoms with Gasteiger partial charge in [0, 0.05) is 18.0 Å². The van der Waals surface area contributed by atoms with E-state index in [-0.39, 0.29) is 16.8 Å². The molecule has 1 N–H and O–H groups in total. The molecule has 0 aliphatic rings. The van der Waals surface area contributed by atoms with Gasteiger partial charge >= 0.3 is 0 Å². The van der Waals surface area contributed by atoms with Gasteiger partial charge in [0.05, 0.1) is 22.8 Å². The number of rotatable bonds is 5. The summed E-state index contributed by atoms with van der Waals surface area (Å²) in [5.41, 5.74) is 3.44. The predicted octanol–water partition coefficient (Wildman–Crippen LogP) is 3.29. The van der Waals surface area contributed by atoms with Gasteiger partial charge in [-0.15, -0.1) is 0 Å². The van der Waals surface area contributed by atoms with Gasteiger partial charge in [-0.25, -0.2) is 17.9 Å². The second-order valence-electron chi connectivity index (χ2n) is 7.03. The molecule has 7 nitrogen and oxygen atoms in total. The number of benzene rings is 2. The van der Waals surface area contributed by atoms with Gasteiger partial charge < -0.3 is 5.32 Å². The molecule has 0 fully saturated rings. The van der Waals surface area contributed by atoms with Crippen molar-refractivity contribution in [1.29, 1.82) is 0 Å². The van der Waals surface area contributed by atoms with E-state index in [0.717, 1.165) is 23.1 Å². The number of aromatic nitrogens is 3. The summed E-state index contributed by atoms with van der Waals surface area (Å²) in [5, 5.41) is 7.29. The van der Waals surface area contributed by atoms with Crippen molar-refractivity contribution in [1.82, 2.24) is 19.9 Å². The largest absolute Gasteiger partial charge is 0.345 e. The van der Waals surface area contributed by atoms with Crippen molar-refractivity contribution in [3.8, 4) is 11.3 Å². The van der Waals surface area contributed by atoms with Crippen LogP contribution in [0.2, 0.25) is 0 Å². The quantitative estimate of drug-likeness (QED) is 0.535. The first kappa shape index (κ1) is 19.8. The molecule has 2 aromatic heterocycles. The second-order valence-corrected chi connectivity index (χ2v) is 9.04. The highest BCUT2D eigenvalue weighted by atomic mass is 32.2. The van der Waals surface area contributed by atoms with Gasteiger partial charge in [0.15, 0.2) is 15.5 Å². The van der Waals surface area contributed by atoms with E-state index < -0.39 is 9.84 Å². The van der Waals surface area contributed by atoms with E-state index in [1.807, 2.05) is 43.3 Å². The first-order valence-corrected chi connectivity index (χ1v) is 11.2. The normalized spacial score (nSPS) is 12.6. The highest BCUT2D eigenvalue weighted by Gasteiger charge is 2.19. The molecule has 30 heavy (non-hydrogen) atoms. The van der Waals surface area contributed by atoms with Gasteiger partial charge in [-0.3, -0.25) is 4.79 Å². The fraction of sp³-hybridized carbons (Fsp3) is 0.136. The van der Waals surface area contributed by atoms with E-state index in [2.05, 4.69) is 15.4 Å². The lowest BCUT2D eigenvalue weighted by atomic mass is 10.1. The van der Waals surface area contributed by atoms with Crippen LogP contribution in [0.15, 0.2) is 78.0 Å². The van der Waals surface area contributed by atoms with Crippen LogP contribution >= 0.6 is 0 Å². The molecule has 152 valence electrons. The summed E-state index contributed by atoms with van der Waals surface area (Å²) in [6.45, 7) is 1.84. The third kappa shape index (κ3) is 3.81. The molecule has 1 atom stereocenters. The summed E-state index contributed by atoms with van der Waals surface area (Å²) in [6.07, 6.45) is 4.32. The molecular weight excluding hydrogens is 400 g/mol. The molecule has 0 saturated carbocycles. The van der Waals surface area contributed by atoms with Crippen LogP contribution in [-0.2, 0) is 9.84 Å². The van der Waals surface area contributed by atoms with Crippen molar-refractivity contribution in [2.75, 3.05) is 6.26 Å². The van der Waals surface area contributed by atoms with Crippen molar-refractivity contribution in [2.24, 2.45) is 0 Å². The minimum absolute atomic E-state index is 0.241. The number of nitrogens with one attached hydrogen (secondary N) is 1. The average Bonchev–Trinajstić information content (AvgIpc) is 3.18. The highest BCUT2D eigenvalue weighted by Crippen LogP contribution is 2.22. The number of hydrogen-bond acceptors (Lipinski definition) is 5. The molecule has 1 amide bonds. The summed E-state index contributed by atoms with van der Waals surface area (Å²) in [5.74, 6) is -0.303. The average molecular weight is 420 g/mol. The van der Waals surface area contributed by atoms with Crippen LogP contribution in [0, 0.1) is 0 Å². The minimum Gasteiger partial charge on any atom is -0.345 e. The van der Waals surface area contributed by atoms with Gasteiger partial charge in [-0.05, 0) is 30.7 Å². The topological polar surface area (TPSA) is 93.4 Å². The third-order valence-corrected chi connectivity index (χ3v) is 6.00.